The fourth-order valence-corrected chi connectivity index (χ4v) is 1.22. The van der Waals surface area contributed by atoms with Crippen molar-refractivity contribution < 1.29 is 4.74 Å². The molecule has 0 spiro atoms. The van der Waals surface area contributed by atoms with E-state index in [2.05, 4.69) is 13.8 Å². The van der Waals surface area contributed by atoms with Crippen molar-refractivity contribution in [3.63, 3.8) is 0 Å². The van der Waals surface area contributed by atoms with Gasteiger partial charge in [-0.3, -0.25) is 0 Å². The molecule has 0 aromatic rings. The Hall–Kier alpha value is -0.0800. The van der Waals surface area contributed by atoms with E-state index in [9.17, 15) is 0 Å². The number of hydrogen-bond donors (Lipinski definition) is 1. The van der Waals surface area contributed by atoms with Crippen molar-refractivity contribution in [2.75, 3.05) is 13.2 Å². The fraction of sp³-hybridized carbons (Fsp3) is 1.00. The summed E-state index contributed by atoms with van der Waals surface area (Å²) in [4.78, 5) is 0. The monoisotopic (exact) mass is 129 g/mol. The van der Waals surface area contributed by atoms with Gasteiger partial charge in [0.25, 0.3) is 0 Å². The lowest BCUT2D eigenvalue weighted by Crippen LogP contribution is -2.43. The molecule has 3 atom stereocenters. The van der Waals surface area contributed by atoms with Crippen LogP contribution in [0.1, 0.15) is 13.8 Å². The molecule has 1 heterocycles. The van der Waals surface area contributed by atoms with Crippen LogP contribution in [0.4, 0.5) is 0 Å². The number of hydrogen-bond acceptors (Lipinski definition) is 2. The van der Waals surface area contributed by atoms with Crippen LogP contribution >= 0.6 is 0 Å². The van der Waals surface area contributed by atoms with Gasteiger partial charge in [0, 0.05) is 6.04 Å². The number of nitrogens with two attached hydrogens (primary N) is 1. The normalized spacial score (nSPS) is 45.0. The quantitative estimate of drug-likeness (QED) is 0.520. The Balaban J connectivity index is 2.41. The number of rotatable bonds is 0. The predicted molar refractivity (Wildman–Crippen MR) is 37.1 cm³/mol. The summed E-state index contributed by atoms with van der Waals surface area (Å²) >= 11 is 0. The van der Waals surface area contributed by atoms with E-state index >= 15 is 0 Å². The van der Waals surface area contributed by atoms with E-state index in [4.69, 9.17) is 10.5 Å². The van der Waals surface area contributed by atoms with Gasteiger partial charge in [-0.25, -0.2) is 0 Å². The van der Waals surface area contributed by atoms with E-state index in [-0.39, 0.29) is 0 Å². The zero-order valence-corrected chi connectivity index (χ0v) is 6.13. The molecule has 1 aliphatic rings. The molecule has 1 aliphatic heterocycles. The molecule has 0 bridgehead atoms. The molecular formula is C7H15NO. The van der Waals surface area contributed by atoms with Gasteiger partial charge in [0.15, 0.2) is 0 Å². The lowest BCUT2D eigenvalue weighted by molar-refractivity contribution is 0.0130. The summed E-state index contributed by atoms with van der Waals surface area (Å²) in [7, 11) is 0. The minimum absolute atomic E-state index is 0.346. The zero-order valence-electron chi connectivity index (χ0n) is 6.13. The van der Waals surface area contributed by atoms with Crippen molar-refractivity contribution in [2.24, 2.45) is 17.6 Å². The van der Waals surface area contributed by atoms with Gasteiger partial charge in [0.2, 0.25) is 0 Å². The van der Waals surface area contributed by atoms with Crippen molar-refractivity contribution in [1.82, 2.24) is 0 Å². The van der Waals surface area contributed by atoms with E-state index < -0.39 is 0 Å². The molecule has 9 heavy (non-hydrogen) atoms. The predicted octanol–water partition coefficient (Wildman–Crippen LogP) is 0.616. The summed E-state index contributed by atoms with van der Waals surface area (Å²) in [6, 6.07) is 0.346. The highest BCUT2D eigenvalue weighted by atomic mass is 16.5. The molecule has 2 N–H and O–H groups in total. The molecule has 0 aliphatic carbocycles. The SMILES string of the molecule is C[C@@H]1COC[C@H](C)C1N. The molecule has 0 amide bonds. The molecular weight excluding hydrogens is 114 g/mol. The van der Waals surface area contributed by atoms with Crippen LogP contribution in [0, 0.1) is 11.8 Å². The van der Waals surface area contributed by atoms with Gasteiger partial charge >= 0.3 is 0 Å². The molecule has 0 aromatic carbocycles. The topological polar surface area (TPSA) is 35.2 Å². The van der Waals surface area contributed by atoms with Gasteiger partial charge in [0.05, 0.1) is 13.2 Å². The standard InChI is InChI=1S/C7H15NO/c1-5-3-9-4-6(2)7(5)8/h5-7H,3-4,8H2,1-2H3/t5-,6+,7?. The van der Waals surface area contributed by atoms with Crippen LogP contribution in [0.3, 0.4) is 0 Å². The first-order valence-corrected chi connectivity index (χ1v) is 3.55. The minimum Gasteiger partial charge on any atom is -0.381 e. The Morgan fingerprint density at radius 3 is 2.00 bits per heavy atom. The summed E-state index contributed by atoms with van der Waals surface area (Å²) in [5.74, 6) is 1.07. The smallest absolute Gasteiger partial charge is 0.0506 e. The Bertz CT molecular complexity index is 84.9. The second-order valence-electron chi connectivity index (χ2n) is 3.07. The highest BCUT2D eigenvalue weighted by Gasteiger charge is 2.24. The molecule has 2 heteroatoms. The third kappa shape index (κ3) is 1.43. The Morgan fingerprint density at radius 2 is 1.67 bits per heavy atom. The lowest BCUT2D eigenvalue weighted by atomic mass is 9.90. The molecule has 1 saturated heterocycles. The van der Waals surface area contributed by atoms with Crippen molar-refractivity contribution in [1.29, 1.82) is 0 Å². The first kappa shape index (κ1) is 7.03. The first-order valence-electron chi connectivity index (χ1n) is 3.55. The largest absolute Gasteiger partial charge is 0.381 e. The third-order valence-corrected chi connectivity index (χ3v) is 2.08. The van der Waals surface area contributed by atoms with Gasteiger partial charge in [-0.1, -0.05) is 13.8 Å². The van der Waals surface area contributed by atoms with E-state index in [0.717, 1.165) is 13.2 Å². The maximum Gasteiger partial charge on any atom is 0.0506 e. The fourth-order valence-electron chi connectivity index (χ4n) is 1.22. The lowest BCUT2D eigenvalue weighted by Gasteiger charge is -2.31. The maximum absolute atomic E-state index is 5.84. The van der Waals surface area contributed by atoms with Crippen molar-refractivity contribution >= 4 is 0 Å². The second kappa shape index (κ2) is 2.67. The van der Waals surface area contributed by atoms with Crippen LogP contribution in [0.5, 0.6) is 0 Å². The number of ether oxygens (including phenoxy) is 1. The van der Waals surface area contributed by atoms with Crippen LogP contribution in [-0.4, -0.2) is 19.3 Å². The minimum atomic E-state index is 0.346. The van der Waals surface area contributed by atoms with Crippen LogP contribution in [-0.2, 0) is 4.74 Å². The Kier molecular flexibility index (Phi) is 2.09. The molecule has 2 nitrogen and oxygen atoms in total. The average Bonchev–Trinajstić information content (AvgIpc) is 1.83. The van der Waals surface area contributed by atoms with Crippen molar-refractivity contribution in [3.8, 4) is 0 Å². The molecule has 1 unspecified atom stereocenters. The van der Waals surface area contributed by atoms with Gasteiger partial charge in [0.1, 0.15) is 0 Å². The molecule has 1 rings (SSSR count). The summed E-state index contributed by atoms with van der Waals surface area (Å²) in [6.07, 6.45) is 0. The van der Waals surface area contributed by atoms with E-state index in [1.54, 1.807) is 0 Å². The third-order valence-electron chi connectivity index (χ3n) is 2.08. The summed E-state index contributed by atoms with van der Waals surface area (Å²) in [5.41, 5.74) is 5.84. The first-order chi connectivity index (χ1) is 4.22. The van der Waals surface area contributed by atoms with Gasteiger partial charge < -0.3 is 10.5 Å². The summed E-state index contributed by atoms with van der Waals surface area (Å²) < 4.78 is 5.28. The van der Waals surface area contributed by atoms with Gasteiger partial charge in [-0.05, 0) is 11.8 Å². The molecule has 54 valence electrons. The molecule has 1 fully saturated rings. The van der Waals surface area contributed by atoms with Crippen molar-refractivity contribution in [3.05, 3.63) is 0 Å². The summed E-state index contributed by atoms with van der Waals surface area (Å²) in [6.45, 7) is 5.96. The van der Waals surface area contributed by atoms with Crippen LogP contribution < -0.4 is 5.73 Å². The van der Waals surface area contributed by atoms with Crippen LogP contribution in [0.2, 0.25) is 0 Å². The highest BCUT2D eigenvalue weighted by Crippen LogP contribution is 2.16. The zero-order chi connectivity index (χ0) is 6.85. The van der Waals surface area contributed by atoms with Gasteiger partial charge in [-0.15, -0.1) is 0 Å². The van der Waals surface area contributed by atoms with Crippen molar-refractivity contribution in [2.45, 2.75) is 19.9 Å². The van der Waals surface area contributed by atoms with Crippen LogP contribution in [0.15, 0.2) is 0 Å². The Morgan fingerprint density at radius 1 is 1.22 bits per heavy atom. The summed E-state index contributed by atoms with van der Waals surface area (Å²) in [5, 5.41) is 0. The molecule has 0 radical (unpaired) electrons. The highest BCUT2D eigenvalue weighted by molar-refractivity contribution is 4.78. The van der Waals surface area contributed by atoms with Gasteiger partial charge in [-0.2, -0.15) is 0 Å². The molecule has 0 aromatic heterocycles. The maximum atomic E-state index is 5.84. The van der Waals surface area contributed by atoms with E-state index in [1.165, 1.54) is 0 Å². The average molecular weight is 129 g/mol. The second-order valence-corrected chi connectivity index (χ2v) is 3.07. The van der Waals surface area contributed by atoms with E-state index in [0.29, 0.717) is 17.9 Å². The van der Waals surface area contributed by atoms with Crippen LogP contribution in [0.25, 0.3) is 0 Å². The molecule has 0 saturated carbocycles. The van der Waals surface area contributed by atoms with E-state index in [1.807, 2.05) is 0 Å². The Labute approximate surface area is 56.4 Å².